The molecule has 19 atom stereocenters. The lowest BCUT2D eigenvalue weighted by molar-refractivity contribution is -0.182. The Labute approximate surface area is 695 Å². The number of esters is 4. The van der Waals surface area contributed by atoms with Gasteiger partial charge in [0.15, 0.2) is 5.78 Å². The summed E-state index contributed by atoms with van der Waals surface area (Å²) in [5, 5.41) is 57.4. The number of aliphatic hydroxyl groups excluding tert-OH is 1. The summed E-state index contributed by atoms with van der Waals surface area (Å²) >= 11 is 1.45. The summed E-state index contributed by atoms with van der Waals surface area (Å²) in [6.45, 7) is 10.3. The molecule has 0 spiro atoms. The second kappa shape index (κ2) is 51.2. The highest BCUT2D eigenvalue weighted by Gasteiger charge is 2.47. The Hall–Kier alpha value is -8.50. The average Bonchev–Trinajstić information content (AvgIpc) is 0.805. The van der Waals surface area contributed by atoms with Gasteiger partial charge in [-0.05, 0) is 133 Å². The number of nitrogens with zero attached hydrogens (tertiary/aromatic N) is 1. The number of Topliss-reactive ketones (excluding diaryl/α,β-unsaturated/α-hetero) is 3. The van der Waals surface area contributed by atoms with Gasteiger partial charge in [0.05, 0.1) is 29.8 Å². The van der Waals surface area contributed by atoms with Gasteiger partial charge in [0, 0.05) is 76.9 Å². The zero-order valence-corrected chi connectivity index (χ0v) is 70.7. The number of fused-ring (bicyclic) bond motifs is 3. The summed E-state index contributed by atoms with van der Waals surface area (Å²) < 4.78 is 47.7. The highest BCUT2D eigenvalue weighted by atomic mass is 32.2. The number of carboxylic acid groups (broad SMARTS) is 4. The van der Waals surface area contributed by atoms with Gasteiger partial charge in [-0.3, -0.25) is 71.9 Å². The molecule has 13 N–H and O–H groups in total. The molecule has 1 unspecified atom stereocenters. The summed E-state index contributed by atoms with van der Waals surface area (Å²) in [7, 11) is 4.26. The van der Waals surface area contributed by atoms with Crippen LogP contribution in [0.4, 0.5) is 0 Å². The van der Waals surface area contributed by atoms with Crippen LogP contribution in [0.3, 0.4) is 0 Å². The number of aliphatic hydroxyl groups is 1. The highest BCUT2D eigenvalue weighted by Crippen LogP contribution is 2.38. The molecule has 0 aromatic carbocycles. The van der Waals surface area contributed by atoms with Gasteiger partial charge in [-0.2, -0.15) is 0 Å². The van der Waals surface area contributed by atoms with E-state index in [-0.39, 0.29) is 92.1 Å². The smallest absolute Gasteiger partial charge is 0.329 e. The van der Waals surface area contributed by atoms with E-state index >= 15 is 0 Å². The molecule has 4 rings (SSSR count). The number of carbonyl (C=O) groups is 16. The average molecular weight is 1710 g/mol. The Morgan fingerprint density at radius 1 is 0.686 bits per heavy atom. The molecule has 36 nitrogen and oxygen atoms in total. The number of aliphatic carboxylic acids is 4. The first kappa shape index (κ1) is 102. The number of methoxy groups -OCH3 is 3. The molecule has 3 heterocycles. The minimum atomic E-state index is -2.05. The largest absolute Gasteiger partial charge is 0.480 e. The summed E-state index contributed by atoms with van der Waals surface area (Å²) in [4.78, 5) is 213. The maximum Gasteiger partial charge on any atom is 0.329 e. The summed E-state index contributed by atoms with van der Waals surface area (Å²) in [5.41, 5.74) is 10.1. The van der Waals surface area contributed by atoms with Crippen LogP contribution in [0, 0.1) is 40.9 Å². The lowest BCUT2D eigenvalue weighted by Crippen LogP contribution is -2.55. The standard InChI is InChI=1S/C80H121N7O29S2/c1-43-17-13-12-14-18-44(2)59(109-9)33-51-22-20-45(3)71(114-51)70(99)75(102)87-28-16-15-19-56(87)78(107)115-60(34-57(88)46(4)30-49(7)69(98)72(111-11)68(97)48(6)29-43)47(5)31-50-21-25-58(61(32-50)110-10)116-79(108)80(8,41-112-66(95)39-117-37-54(73(100)83-35-64(91)92)85-62(89)26-23-52(81)76(103)104)42-113-67(96)40-118-38-55(74(101)84-36-65(93)94)86-63(90)27-24-53(82)77(105)106/h12-14,17-18,30,43,45-48,50-56,58-61,69,71-72,98H,15-16,19-29,31-42,81-82H2,1-11H3,(H,83,100)(H,84,101)(H,85,89)(H,86,90)(H,91,92)(H,93,94)(H,103,104)(H,105,106)/b14-12?,17-13-,44-18?,49-30+/t43-,45+,46+,47+,48+,50-,51-,52-,53-,54-,55-,56-,58+,59-,60?,61+,69+,71+,72-/m0/s1. The third-order valence-electron chi connectivity index (χ3n) is 21.3. The van der Waals surface area contributed by atoms with Gasteiger partial charge in [-0.25, -0.2) is 4.79 Å². The van der Waals surface area contributed by atoms with Gasteiger partial charge < -0.3 is 101 Å². The molecule has 0 aromatic rings. The number of thioether (sulfide) groups is 2. The molecule has 0 aromatic heterocycles. The molecule has 118 heavy (non-hydrogen) atoms. The number of ether oxygens (including phenoxy) is 8. The SMILES string of the molecule is CO[C@H]1C[C@@H]2CC[C@@H](C)[C@@H](O2)C(=O)C(=O)N2CCCC[C@H]2C(=O)OC([C@H](C)C[C@@H]2CC[C@@H](OC(=O)C(C)(COC(=O)CSC[C@H](NC(=O)CC[C@H](N)C(=O)O)C(=O)NCC(=O)O)COC(=O)CSC[C@H](NC(=O)CC[C@H](N)C(=O)O)C(=O)NCC(=O)O)[C@H](OC)C2)CC(=O)[C@H](C)/C=C(\C)[C@@H](O)[C@@H](OC)C(=O)[C@H](C)C[C@@H](C)/C=C\C=CC=C1C. The fraction of sp³-hybridized carbons (Fsp3) is 0.700. The van der Waals surface area contributed by atoms with Crippen molar-refractivity contribution in [2.24, 2.45) is 52.4 Å². The van der Waals surface area contributed by atoms with E-state index in [1.165, 1.54) is 32.1 Å². The van der Waals surface area contributed by atoms with Crippen LogP contribution in [0.1, 0.15) is 158 Å². The molecule has 3 fully saturated rings. The number of cyclic esters (lactones) is 1. The number of carbonyl (C=O) groups excluding carboxylic acids is 12. The Morgan fingerprint density at radius 3 is 1.78 bits per heavy atom. The van der Waals surface area contributed by atoms with Crippen molar-refractivity contribution < 1.29 is 140 Å². The molecule has 2 bridgehead atoms. The predicted octanol–water partition coefficient (Wildman–Crippen LogP) is 2.73. The number of amides is 5. The Balaban J connectivity index is 1.66. The van der Waals surface area contributed by atoms with Gasteiger partial charge in [0.25, 0.3) is 5.91 Å². The molecule has 1 aliphatic carbocycles. The molecular weight excluding hydrogens is 1590 g/mol. The number of nitrogens with two attached hydrogens (primary N) is 2. The number of allylic oxidation sites excluding steroid dienone is 6. The van der Waals surface area contributed by atoms with Gasteiger partial charge in [0.2, 0.25) is 29.4 Å². The van der Waals surface area contributed by atoms with Crippen LogP contribution in [-0.4, -0.2) is 281 Å². The first-order chi connectivity index (χ1) is 55.6. The van der Waals surface area contributed by atoms with E-state index in [0.29, 0.717) is 44.9 Å². The van der Waals surface area contributed by atoms with Crippen molar-refractivity contribution in [3.63, 3.8) is 0 Å². The van der Waals surface area contributed by atoms with Crippen LogP contribution in [0.5, 0.6) is 0 Å². The van der Waals surface area contributed by atoms with Crippen LogP contribution >= 0.6 is 23.5 Å². The van der Waals surface area contributed by atoms with Crippen molar-refractivity contribution >= 4 is 118 Å². The minimum Gasteiger partial charge on any atom is -0.480 e. The number of hydrogen-bond donors (Lipinski definition) is 11. The van der Waals surface area contributed by atoms with Crippen molar-refractivity contribution in [3.05, 3.63) is 47.6 Å². The second-order valence-corrected chi connectivity index (χ2v) is 33.2. The normalized spacial score (nSPS) is 26.9. The van der Waals surface area contributed by atoms with Crippen molar-refractivity contribution in [2.75, 3.05) is 77.2 Å². The molecule has 1 saturated carbocycles. The van der Waals surface area contributed by atoms with Gasteiger partial charge in [-0.1, -0.05) is 71.1 Å². The molecule has 2 saturated heterocycles. The Kier molecular flexibility index (Phi) is 44.2. The molecule has 38 heteroatoms. The molecule has 4 aliphatic rings. The van der Waals surface area contributed by atoms with E-state index in [9.17, 15) is 92.0 Å². The fourth-order valence-corrected chi connectivity index (χ4v) is 15.7. The van der Waals surface area contributed by atoms with Crippen LogP contribution < -0.4 is 32.7 Å². The molecular formula is C80H121N7O29S2. The zero-order valence-electron chi connectivity index (χ0n) is 69.1. The van der Waals surface area contributed by atoms with Crippen molar-refractivity contribution in [3.8, 4) is 0 Å². The van der Waals surface area contributed by atoms with Gasteiger partial charge >= 0.3 is 47.8 Å². The summed E-state index contributed by atoms with van der Waals surface area (Å²) in [6.07, 6.45) is 5.23. The third-order valence-corrected chi connectivity index (χ3v) is 23.3. The van der Waals surface area contributed by atoms with Crippen LogP contribution in [-0.2, 0) is 115 Å². The molecule has 662 valence electrons. The highest BCUT2D eigenvalue weighted by molar-refractivity contribution is 8.00. The monoisotopic (exact) mass is 1710 g/mol. The summed E-state index contributed by atoms with van der Waals surface area (Å²) in [5.74, 6) is -20.5. The lowest BCUT2D eigenvalue weighted by Gasteiger charge is -2.39. The van der Waals surface area contributed by atoms with Gasteiger partial charge in [0.1, 0.15) is 98.2 Å². The zero-order chi connectivity index (χ0) is 88.3. The molecule has 0 radical (unpaired) electrons. The van der Waals surface area contributed by atoms with E-state index in [1.54, 1.807) is 34.8 Å². The molecule has 3 aliphatic heterocycles. The van der Waals surface area contributed by atoms with E-state index in [4.69, 9.17) is 59.6 Å². The van der Waals surface area contributed by atoms with E-state index in [2.05, 4.69) is 21.3 Å². The maximum atomic E-state index is 14.9. The van der Waals surface area contributed by atoms with Gasteiger partial charge in [-0.15, -0.1) is 23.5 Å². The number of piperidine rings is 1. The third kappa shape index (κ3) is 34.3. The molecule has 5 amide bonds. The number of ketones is 3. The minimum absolute atomic E-state index is 0.0488. The van der Waals surface area contributed by atoms with Crippen molar-refractivity contribution in [1.29, 1.82) is 0 Å². The first-order valence-corrected chi connectivity index (χ1v) is 41.9. The van der Waals surface area contributed by atoms with Crippen LogP contribution in [0.25, 0.3) is 0 Å². The summed E-state index contributed by atoms with van der Waals surface area (Å²) in [6, 6.07) is -7.03. The van der Waals surface area contributed by atoms with Crippen molar-refractivity contribution in [1.82, 2.24) is 26.2 Å². The van der Waals surface area contributed by atoms with E-state index in [0.717, 1.165) is 29.1 Å². The van der Waals surface area contributed by atoms with E-state index in [1.807, 2.05) is 51.2 Å². The maximum absolute atomic E-state index is 14.9. The van der Waals surface area contributed by atoms with E-state index < -0.39 is 242 Å². The van der Waals surface area contributed by atoms with Crippen molar-refractivity contribution in [2.45, 2.75) is 237 Å². The second-order valence-electron chi connectivity index (χ2n) is 31.2. The van der Waals surface area contributed by atoms with Crippen LogP contribution in [0.15, 0.2) is 47.6 Å². The van der Waals surface area contributed by atoms with Crippen LogP contribution in [0.2, 0.25) is 0 Å². The fourth-order valence-electron chi connectivity index (χ4n) is 14.0. The first-order valence-electron chi connectivity index (χ1n) is 39.6. The number of nitrogens with one attached hydrogen (secondary N) is 4. The Bertz CT molecular complexity index is 3520. The predicted molar refractivity (Wildman–Crippen MR) is 427 cm³/mol. The lowest BCUT2D eigenvalue weighted by atomic mass is 9.78. The number of hydrogen-bond acceptors (Lipinski definition) is 29. The quantitative estimate of drug-likeness (QED) is 0.0186. The number of carboxylic acids is 4. The number of rotatable bonds is 36. The topological polar surface area (TPSA) is 552 Å². The Morgan fingerprint density at radius 2 is 1.25 bits per heavy atom.